The molecule has 0 aromatic carbocycles. The van der Waals surface area contributed by atoms with Crippen LogP contribution in [0.15, 0.2) is 0 Å². The first-order valence-electron chi connectivity index (χ1n) is 30.4. The van der Waals surface area contributed by atoms with E-state index in [2.05, 4.69) is 19.2 Å². The zero-order valence-corrected chi connectivity index (χ0v) is 47.5. The molecule has 0 rings (SSSR count). The van der Waals surface area contributed by atoms with Gasteiger partial charge in [0.25, 0.3) is 7.82 Å². The summed E-state index contributed by atoms with van der Waals surface area (Å²) in [6.07, 6.45) is 62.2. The van der Waals surface area contributed by atoms with Crippen LogP contribution in [0, 0.1) is 0 Å². The minimum atomic E-state index is -4.55. The number of likely N-dealkylation sites (N-methyl/N-ethyl adjacent to an activating group) is 1. The number of aliphatic hydroxyl groups excluding tert-OH is 1. The Bertz CT molecular complexity index is 1070. The number of carbonyl (C=O) groups is 1. The van der Waals surface area contributed by atoms with Crippen molar-refractivity contribution in [1.29, 1.82) is 0 Å². The third kappa shape index (κ3) is 53.3. The number of hydrogen-bond acceptors (Lipinski definition) is 6. The van der Waals surface area contributed by atoms with Crippen molar-refractivity contribution in [3.05, 3.63) is 0 Å². The van der Waals surface area contributed by atoms with Crippen molar-refractivity contribution in [2.24, 2.45) is 0 Å². The second kappa shape index (κ2) is 51.4. The minimum absolute atomic E-state index is 0.0156. The van der Waals surface area contributed by atoms with Gasteiger partial charge < -0.3 is 28.8 Å². The number of amides is 1. The van der Waals surface area contributed by atoms with Crippen LogP contribution in [-0.4, -0.2) is 68.5 Å². The predicted octanol–water partition coefficient (Wildman–Crippen LogP) is 17.8. The predicted molar refractivity (Wildman–Crippen MR) is 293 cm³/mol. The van der Waals surface area contributed by atoms with Crippen LogP contribution in [0.3, 0.4) is 0 Å². The van der Waals surface area contributed by atoms with E-state index in [9.17, 15) is 19.4 Å². The van der Waals surface area contributed by atoms with E-state index in [1.165, 1.54) is 257 Å². The van der Waals surface area contributed by atoms with Gasteiger partial charge >= 0.3 is 0 Å². The van der Waals surface area contributed by atoms with Gasteiger partial charge in [-0.2, -0.15) is 0 Å². The fraction of sp³-hybridized carbons (Fsp3) is 0.983. The summed E-state index contributed by atoms with van der Waals surface area (Å²) in [5, 5.41) is 13.8. The first kappa shape index (κ1) is 67.5. The molecule has 1 amide bonds. The van der Waals surface area contributed by atoms with Crippen LogP contribution in [0.25, 0.3) is 0 Å². The quantitative estimate of drug-likeness (QED) is 0.0357. The Balaban J connectivity index is 3.67. The Labute approximate surface area is 425 Å². The molecule has 2 N–H and O–H groups in total. The average molecular weight is 986 g/mol. The first-order valence-corrected chi connectivity index (χ1v) is 31.8. The fourth-order valence-corrected chi connectivity index (χ4v) is 10.3. The number of quaternary nitrogens is 1. The van der Waals surface area contributed by atoms with Gasteiger partial charge in [0.15, 0.2) is 0 Å². The molecule has 0 aliphatic heterocycles. The van der Waals surface area contributed by atoms with Crippen LogP contribution >= 0.6 is 7.82 Å². The average Bonchev–Trinajstić information content (AvgIpc) is 3.30. The van der Waals surface area contributed by atoms with Gasteiger partial charge in [0, 0.05) is 6.42 Å². The van der Waals surface area contributed by atoms with Gasteiger partial charge in [-0.1, -0.05) is 303 Å². The Morgan fingerprint density at radius 1 is 0.456 bits per heavy atom. The molecule has 0 saturated heterocycles. The van der Waals surface area contributed by atoms with Gasteiger partial charge in [-0.05, 0) is 12.8 Å². The molecular weight excluding hydrogens is 864 g/mol. The normalized spacial score (nSPS) is 13.8. The highest BCUT2D eigenvalue weighted by Crippen LogP contribution is 2.38. The Morgan fingerprint density at radius 3 is 1.00 bits per heavy atom. The zero-order chi connectivity index (χ0) is 49.9. The van der Waals surface area contributed by atoms with E-state index in [4.69, 9.17) is 9.05 Å². The van der Waals surface area contributed by atoms with Crippen LogP contribution in [0.1, 0.15) is 322 Å². The highest BCUT2D eigenvalue weighted by atomic mass is 31.2. The third-order valence-electron chi connectivity index (χ3n) is 14.3. The lowest BCUT2D eigenvalue weighted by atomic mass is 10.0. The SMILES string of the molecule is CCCCCCCCCCCCCCCCCCCCCCCCCCCCCCCCCCCCCCCCCC(=O)NC(COP(=O)([O-])OCC[N+](C)(C)C)C(O)CCCCCCCCC. The number of nitrogens with one attached hydrogen (secondary N) is 1. The Hall–Kier alpha value is -0.500. The molecule has 9 heteroatoms. The molecule has 3 atom stereocenters. The molecule has 0 aromatic heterocycles. The molecule has 408 valence electrons. The highest BCUT2D eigenvalue weighted by Gasteiger charge is 2.24. The number of nitrogens with zero attached hydrogens (tertiary/aromatic N) is 1. The zero-order valence-electron chi connectivity index (χ0n) is 46.6. The third-order valence-corrected chi connectivity index (χ3v) is 15.3. The second-order valence-corrected chi connectivity index (χ2v) is 23.8. The van der Waals surface area contributed by atoms with Gasteiger partial charge in [-0.15, -0.1) is 0 Å². The van der Waals surface area contributed by atoms with E-state index in [1.807, 2.05) is 21.1 Å². The highest BCUT2D eigenvalue weighted by molar-refractivity contribution is 7.45. The lowest BCUT2D eigenvalue weighted by Crippen LogP contribution is -2.46. The van der Waals surface area contributed by atoms with E-state index < -0.39 is 20.0 Å². The summed E-state index contributed by atoms with van der Waals surface area (Å²) in [5.74, 6) is -0.162. The first-order chi connectivity index (χ1) is 33.0. The van der Waals surface area contributed by atoms with Crippen molar-refractivity contribution in [2.75, 3.05) is 40.9 Å². The molecule has 0 radical (unpaired) electrons. The number of carbonyl (C=O) groups excluding carboxylic acids is 1. The number of hydrogen-bond donors (Lipinski definition) is 2. The minimum Gasteiger partial charge on any atom is -0.756 e. The number of rotatable bonds is 57. The van der Waals surface area contributed by atoms with Crippen molar-refractivity contribution in [1.82, 2.24) is 5.32 Å². The Kier molecular flexibility index (Phi) is 51.0. The molecule has 0 heterocycles. The van der Waals surface area contributed by atoms with E-state index in [-0.39, 0.29) is 19.1 Å². The second-order valence-electron chi connectivity index (χ2n) is 22.4. The van der Waals surface area contributed by atoms with E-state index >= 15 is 0 Å². The molecule has 0 aliphatic rings. The number of phosphoric acid groups is 1. The van der Waals surface area contributed by atoms with Crippen LogP contribution in [-0.2, 0) is 18.4 Å². The van der Waals surface area contributed by atoms with Crippen molar-refractivity contribution >= 4 is 13.7 Å². The molecule has 0 fully saturated rings. The molecule has 0 aliphatic carbocycles. The van der Waals surface area contributed by atoms with Crippen molar-refractivity contribution in [3.63, 3.8) is 0 Å². The summed E-state index contributed by atoms with van der Waals surface area (Å²) in [7, 11) is 1.32. The Morgan fingerprint density at radius 2 is 0.721 bits per heavy atom. The summed E-state index contributed by atoms with van der Waals surface area (Å²) >= 11 is 0. The molecular formula is C59H121N2O6P. The van der Waals surface area contributed by atoms with E-state index in [0.29, 0.717) is 23.9 Å². The molecule has 3 unspecified atom stereocenters. The van der Waals surface area contributed by atoms with Crippen molar-refractivity contribution in [2.45, 2.75) is 334 Å². The summed E-state index contributed by atoms with van der Waals surface area (Å²) in [4.78, 5) is 25.3. The fourth-order valence-electron chi connectivity index (χ4n) is 9.57. The van der Waals surface area contributed by atoms with Crippen LogP contribution in [0.5, 0.6) is 0 Å². The number of unbranched alkanes of at least 4 members (excludes halogenated alkanes) is 44. The van der Waals surface area contributed by atoms with Crippen LogP contribution in [0.2, 0.25) is 0 Å². The lowest BCUT2D eigenvalue weighted by molar-refractivity contribution is -0.870. The maximum atomic E-state index is 12.9. The number of aliphatic hydroxyl groups is 1. The standard InChI is InChI=1S/C59H121N2O6P/c1-6-8-10-12-14-15-16-17-18-19-20-21-22-23-24-25-26-27-28-29-30-31-32-33-34-35-36-37-38-39-40-41-42-43-44-45-47-49-51-53-59(63)60-57(58(62)52-50-48-46-13-11-9-7-2)56-67-68(64,65)66-55-54-61(3,4)5/h57-58,62H,6-56H2,1-5H3,(H-,60,63,64,65). The molecule has 68 heavy (non-hydrogen) atoms. The smallest absolute Gasteiger partial charge is 0.268 e. The lowest BCUT2D eigenvalue weighted by Gasteiger charge is -2.30. The molecule has 0 spiro atoms. The largest absolute Gasteiger partial charge is 0.756 e. The molecule has 8 nitrogen and oxygen atoms in total. The maximum absolute atomic E-state index is 12.9. The van der Waals surface area contributed by atoms with E-state index in [0.717, 1.165) is 38.5 Å². The summed E-state index contributed by atoms with van der Waals surface area (Å²) in [6, 6.07) is -0.792. The molecule has 0 saturated carbocycles. The maximum Gasteiger partial charge on any atom is 0.268 e. The number of phosphoric ester groups is 1. The van der Waals surface area contributed by atoms with Crippen molar-refractivity contribution in [3.8, 4) is 0 Å². The summed E-state index contributed by atoms with van der Waals surface area (Å²) in [5.41, 5.74) is 0. The van der Waals surface area contributed by atoms with Gasteiger partial charge in [-0.25, -0.2) is 0 Å². The monoisotopic (exact) mass is 985 g/mol. The van der Waals surface area contributed by atoms with E-state index in [1.54, 1.807) is 0 Å². The topological polar surface area (TPSA) is 108 Å². The van der Waals surface area contributed by atoms with Crippen LogP contribution < -0.4 is 10.2 Å². The molecule has 0 bridgehead atoms. The van der Waals surface area contributed by atoms with Gasteiger partial charge in [0.2, 0.25) is 5.91 Å². The van der Waals surface area contributed by atoms with Crippen LogP contribution in [0.4, 0.5) is 0 Å². The van der Waals surface area contributed by atoms with Crippen molar-refractivity contribution < 1.29 is 32.9 Å². The molecule has 0 aromatic rings. The van der Waals surface area contributed by atoms with Gasteiger partial charge in [0.1, 0.15) is 13.2 Å². The summed E-state index contributed by atoms with van der Waals surface area (Å²) < 4.78 is 23.2. The summed E-state index contributed by atoms with van der Waals surface area (Å²) in [6.45, 7) is 4.71. The van der Waals surface area contributed by atoms with Gasteiger partial charge in [0.05, 0.1) is 39.9 Å². The van der Waals surface area contributed by atoms with Gasteiger partial charge in [-0.3, -0.25) is 9.36 Å².